The zero-order valence-corrected chi connectivity index (χ0v) is 11.8. The van der Waals surface area contributed by atoms with Gasteiger partial charge < -0.3 is 9.64 Å². The first-order chi connectivity index (χ1) is 9.66. The van der Waals surface area contributed by atoms with E-state index in [1.807, 2.05) is 0 Å². The number of Topliss-reactive ketones (excluding diaryl/α,β-unsaturated/α-hetero) is 1. The minimum atomic E-state index is -0.201. The molecule has 2 aliphatic heterocycles. The van der Waals surface area contributed by atoms with Gasteiger partial charge in [0, 0.05) is 23.9 Å². The summed E-state index contributed by atoms with van der Waals surface area (Å²) in [5.41, 5.74) is 2.94. The first-order valence-electron chi connectivity index (χ1n) is 7.67. The summed E-state index contributed by atoms with van der Waals surface area (Å²) in [7, 11) is 2.19. The molecule has 3 nitrogen and oxygen atoms in total. The number of benzene rings is 1. The monoisotopic (exact) mass is 269 g/mol. The second kappa shape index (κ2) is 3.28. The highest BCUT2D eigenvalue weighted by Gasteiger charge is 2.71. The van der Waals surface area contributed by atoms with Crippen LogP contribution in [-0.2, 0) is 16.6 Å². The van der Waals surface area contributed by atoms with E-state index >= 15 is 0 Å². The fraction of sp³-hybridized carbons (Fsp3) is 0.588. The van der Waals surface area contributed by atoms with Gasteiger partial charge in [0.25, 0.3) is 0 Å². The molecule has 3 atom stereocenters. The molecule has 0 radical (unpaired) electrons. The van der Waals surface area contributed by atoms with E-state index in [1.54, 1.807) is 0 Å². The molecule has 1 saturated heterocycles. The van der Waals surface area contributed by atoms with E-state index in [0.717, 1.165) is 44.5 Å². The first-order valence-corrected chi connectivity index (χ1v) is 7.67. The van der Waals surface area contributed by atoms with Crippen molar-refractivity contribution in [2.75, 3.05) is 20.1 Å². The molecule has 2 aliphatic carbocycles. The Morgan fingerprint density at radius 2 is 2.25 bits per heavy atom. The highest BCUT2D eigenvalue weighted by Crippen LogP contribution is 2.67. The van der Waals surface area contributed by atoms with Crippen molar-refractivity contribution in [1.82, 2.24) is 4.90 Å². The number of likely N-dealkylation sites (tertiary alicyclic amines) is 1. The second-order valence-corrected chi connectivity index (χ2v) is 7.17. The van der Waals surface area contributed by atoms with Crippen molar-refractivity contribution < 1.29 is 9.53 Å². The summed E-state index contributed by atoms with van der Waals surface area (Å²) < 4.78 is 6.16. The lowest BCUT2D eigenvalue weighted by molar-refractivity contribution is -0.123. The Bertz CT molecular complexity index is 640. The molecule has 3 heteroatoms. The fourth-order valence-corrected chi connectivity index (χ4v) is 5.66. The van der Waals surface area contributed by atoms with Gasteiger partial charge in [0.05, 0.1) is 5.41 Å². The van der Waals surface area contributed by atoms with Gasteiger partial charge in [-0.15, -0.1) is 0 Å². The minimum absolute atomic E-state index is 0.0131. The number of rotatable bonds is 0. The molecule has 0 aromatic heterocycles. The number of piperidine rings is 1. The van der Waals surface area contributed by atoms with E-state index in [1.165, 1.54) is 11.1 Å². The average Bonchev–Trinajstić information content (AvgIpc) is 2.89. The highest BCUT2D eigenvalue weighted by atomic mass is 16.5. The Labute approximate surface area is 118 Å². The van der Waals surface area contributed by atoms with E-state index in [2.05, 4.69) is 30.1 Å². The van der Waals surface area contributed by atoms with Gasteiger partial charge >= 0.3 is 0 Å². The van der Waals surface area contributed by atoms with Crippen LogP contribution in [0.3, 0.4) is 0 Å². The quantitative estimate of drug-likeness (QED) is 0.721. The number of hydrogen-bond donors (Lipinski definition) is 0. The van der Waals surface area contributed by atoms with Crippen LogP contribution in [-0.4, -0.2) is 36.9 Å². The maximum atomic E-state index is 12.6. The summed E-state index contributed by atoms with van der Waals surface area (Å²) in [6.45, 7) is 2.12. The van der Waals surface area contributed by atoms with Gasteiger partial charge in [-0.2, -0.15) is 0 Å². The molecular weight excluding hydrogens is 250 g/mol. The lowest BCUT2D eigenvalue weighted by Gasteiger charge is -2.54. The Kier molecular flexibility index (Phi) is 1.85. The number of carbonyl (C=O) groups is 1. The molecule has 5 rings (SSSR count). The SMILES string of the molecule is CN1CC[C@]23c4c5cccc4O[C@H]2C(=O)C[C@@]3(CC5)C1. The third-order valence-electron chi connectivity index (χ3n) is 6.34. The molecule has 2 heterocycles. The third-order valence-corrected chi connectivity index (χ3v) is 6.34. The van der Waals surface area contributed by atoms with Crippen LogP contribution in [0.15, 0.2) is 18.2 Å². The van der Waals surface area contributed by atoms with E-state index in [0.29, 0.717) is 5.78 Å². The average molecular weight is 269 g/mol. The topological polar surface area (TPSA) is 29.5 Å². The summed E-state index contributed by atoms with van der Waals surface area (Å²) in [6, 6.07) is 6.39. The van der Waals surface area contributed by atoms with Crippen molar-refractivity contribution in [2.45, 2.75) is 37.2 Å². The van der Waals surface area contributed by atoms with Crippen molar-refractivity contribution in [1.29, 1.82) is 0 Å². The van der Waals surface area contributed by atoms with Crippen LogP contribution >= 0.6 is 0 Å². The van der Waals surface area contributed by atoms with E-state index < -0.39 is 0 Å². The molecule has 1 saturated carbocycles. The lowest BCUT2D eigenvalue weighted by atomic mass is 9.52. The molecule has 0 N–H and O–H groups in total. The normalized spacial score (nSPS) is 41.2. The van der Waals surface area contributed by atoms with Crippen LogP contribution in [0.4, 0.5) is 0 Å². The minimum Gasteiger partial charge on any atom is -0.481 e. The summed E-state index contributed by atoms with van der Waals surface area (Å²) in [5.74, 6) is 1.33. The van der Waals surface area contributed by atoms with Crippen LogP contribution < -0.4 is 4.74 Å². The number of aryl methyl sites for hydroxylation is 1. The van der Waals surface area contributed by atoms with Gasteiger partial charge in [-0.3, -0.25) is 4.79 Å². The Hall–Kier alpha value is -1.35. The summed E-state index contributed by atoms with van der Waals surface area (Å²) in [4.78, 5) is 15.0. The number of ketones is 1. The molecule has 20 heavy (non-hydrogen) atoms. The van der Waals surface area contributed by atoms with Crippen LogP contribution in [0.25, 0.3) is 0 Å². The van der Waals surface area contributed by atoms with Gasteiger partial charge in [0.15, 0.2) is 11.9 Å². The summed E-state index contributed by atoms with van der Waals surface area (Å²) in [6.07, 6.45) is 3.83. The maximum absolute atomic E-state index is 12.6. The predicted molar refractivity (Wildman–Crippen MR) is 75.0 cm³/mol. The molecule has 0 unspecified atom stereocenters. The van der Waals surface area contributed by atoms with Crippen LogP contribution in [0.1, 0.15) is 30.4 Å². The predicted octanol–water partition coefficient (Wildman–Crippen LogP) is 1.93. The molecule has 4 aliphatic rings. The van der Waals surface area contributed by atoms with Crippen molar-refractivity contribution in [2.24, 2.45) is 5.41 Å². The third kappa shape index (κ3) is 1.01. The number of nitrogens with zero attached hydrogens (tertiary/aromatic N) is 1. The van der Waals surface area contributed by atoms with Crippen molar-refractivity contribution in [3.63, 3.8) is 0 Å². The molecule has 2 fully saturated rings. The number of ether oxygens (including phenoxy) is 1. The van der Waals surface area contributed by atoms with E-state index in [9.17, 15) is 4.79 Å². The van der Waals surface area contributed by atoms with Crippen LogP contribution in [0.2, 0.25) is 0 Å². The Morgan fingerprint density at radius 3 is 3.15 bits per heavy atom. The molecular formula is C17H19NO2. The van der Waals surface area contributed by atoms with Crippen molar-refractivity contribution in [3.8, 4) is 5.75 Å². The van der Waals surface area contributed by atoms with Crippen LogP contribution in [0.5, 0.6) is 5.75 Å². The zero-order chi connectivity index (χ0) is 13.5. The zero-order valence-electron chi connectivity index (χ0n) is 11.8. The molecule has 1 spiro atoms. The highest BCUT2D eigenvalue weighted by molar-refractivity contribution is 5.92. The maximum Gasteiger partial charge on any atom is 0.174 e. The largest absolute Gasteiger partial charge is 0.481 e. The molecule has 1 aromatic carbocycles. The van der Waals surface area contributed by atoms with Crippen molar-refractivity contribution >= 4 is 5.78 Å². The summed E-state index contributed by atoms with van der Waals surface area (Å²) >= 11 is 0. The van der Waals surface area contributed by atoms with Crippen LogP contribution in [0, 0.1) is 5.41 Å². The van der Waals surface area contributed by atoms with Gasteiger partial charge in [0.2, 0.25) is 0 Å². The standard InChI is InChI=1S/C17H19NO2/c1-18-8-7-17-14-11-3-2-4-13(14)20-15(17)12(19)9-16(17,10-18)6-5-11/h2-4,15H,5-10H2,1H3/t15-,16-,17-/m0/s1. The smallest absolute Gasteiger partial charge is 0.174 e. The second-order valence-electron chi connectivity index (χ2n) is 7.17. The fourth-order valence-electron chi connectivity index (χ4n) is 5.66. The molecule has 104 valence electrons. The molecule has 1 aromatic rings. The number of hydrogen-bond acceptors (Lipinski definition) is 3. The first kappa shape index (κ1) is 11.3. The lowest BCUT2D eigenvalue weighted by Crippen LogP contribution is -2.59. The number of carbonyl (C=O) groups excluding carboxylic acids is 1. The van der Waals surface area contributed by atoms with Gasteiger partial charge in [0.1, 0.15) is 5.75 Å². The van der Waals surface area contributed by atoms with Gasteiger partial charge in [-0.1, -0.05) is 12.1 Å². The summed E-state index contributed by atoms with van der Waals surface area (Å²) in [5, 5.41) is 0. The molecule has 0 bridgehead atoms. The van der Waals surface area contributed by atoms with Crippen molar-refractivity contribution in [3.05, 3.63) is 29.3 Å². The Morgan fingerprint density at radius 1 is 1.35 bits per heavy atom. The molecule has 0 amide bonds. The van der Waals surface area contributed by atoms with E-state index in [4.69, 9.17) is 4.74 Å². The van der Waals surface area contributed by atoms with Gasteiger partial charge in [-0.25, -0.2) is 0 Å². The van der Waals surface area contributed by atoms with Gasteiger partial charge in [-0.05, 0) is 44.5 Å². The Balaban J connectivity index is 1.83. The van der Waals surface area contributed by atoms with E-state index in [-0.39, 0.29) is 16.9 Å².